The zero-order valence-corrected chi connectivity index (χ0v) is 16.7. The SMILES string of the molecule is CC(=O)OCC1=C(C(=O)O)N2C(=O)C(S)(NC(=O)Cc3cccs3)[C@H]2SC1. The van der Waals surface area contributed by atoms with Crippen LogP contribution < -0.4 is 5.32 Å². The molecule has 8 nitrogen and oxygen atoms in total. The van der Waals surface area contributed by atoms with E-state index >= 15 is 0 Å². The molecule has 1 saturated heterocycles. The molecule has 27 heavy (non-hydrogen) atoms. The van der Waals surface area contributed by atoms with E-state index < -0.39 is 28.1 Å². The fraction of sp³-hybridized carbons (Fsp3) is 0.375. The first-order chi connectivity index (χ1) is 12.7. The van der Waals surface area contributed by atoms with Gasteiger partial charge in [-0.3, -0.25) is 19.3 Å². The number of carboxylic acids is 1. The number of carbonyl (C=O) groups is 4. The summed E-state index contributed by atoms with van der Waals surface area (Å²) < 4.78 is 4.88. The number of rotatable bonds is 6. The Morgan fingerprint density at radius 3 is 2.81 bits per heavy atom. The lowest BCUT2D eigenvalue weighted by Crippen LogP contribution is -2.77. The quantitative estimate of drug-likeness (QED) is 0.266. The number of nitrogens with one attached hydrogen (secondary N) is 1. The van der Waals surface area contributed by atoms with Crippen molar-refractivity contribution >= 4 is 59.5 Å². The van der Waals surface area contributed by atoms with Crippen molar-refractivity contribution < 1.29 is 29.0 Å². The topological polar surface area (TPSA) is 113 Å². The number of thioether (sulfide) groups is 1. The molecule has 0 radical (unpaired) electrons. The number of thiol groups is 1. The molecule has 11 heteroatoms. The Bertz CT molecular complexity index is 837. The minimum absolute atomic E-state index is 0.115. The average Bonchev–Trinajstić information content (AvgIpc) is 3.11. The second-order valence-corrected chi connectivity index (χ2v) is 8.75. The van der Waals surface area contributed by atoms with Crippen molar-refractivity contribution in [1.29, 1.82) is 0 Å². The molecule has 0 saturated carbocycles. The van der Waals surface area contributed by atoms with Gasteiger partial charge in [0.15, 0.2) is 4.87 Å². The van der Waals surface area contributed by atoms with Gasteiger partial charge in [-0.2, -0.15) is 0 Å². The highest BCUT2D eigenvalue weighted by atomic mass is 32.2. The minimum Gasteiger partial charge on any atom is -0.477 e. The summed E-state index contributed by atoms with van der Waals surface area (Å²) in [6, 6.07) is 3.64. The van der Waals surface area contributed by atoms with Crippen molar-refractivity contribution in [2.45, 2.75) is 23.6 Å². The molecule has 3 rings (SSSR count). The smallest absolute Gasteiger partial charge is 0.352 e. The second-order valence-electron chi connectivity index (χ2n) is 5.95. The molecule has 2 amide bonds. The Labute approximate surface area is 168 Å². The van der Waals surface area contributed by atoms with Crippen LogP contribution in [0.2, 0.25) is 0 Å². The largest absolute Gasteiger partial charge is 0.477 e. The molecule has 0 bridgehead atoms. The van der Waals surface area contributed by atoms with Crippen LogP contribution in [0.3, 0.4) is 0 Å². The maximum absolute atomic E-state index is 12.7. The predicted molar refractivity (Wildman–Crippen MR) is 102 cm³/mol. The van der Waals surface area contributed by atoms with E-state index in [-0.39, 0.29) is 30.4 Å². The highest BCUT2D eigenvalue weighted by Crippen LogP contribution is 2.48. The molecule has 3 heterocycles. The lowest BCUT2D eigenvalue weighted by Gasteiger charge is -2.54. The highest BCUT2D eigenvalue weighted by molar-refractivity contribution is 8.01. The first kappa shape index (κ1) is 19.8. The first-order valence-electron chi connectivity index (χ1n) is 7.83. The zero-order valence-electron chi connectivity index (χ0n) is 14.1. The molecule has 1 unspecified atom stereocenters. The van der Waals surface area contributed by atoms with Crippen LogP contribution in [0.4, 0.5) is 0 Å². The number of fused-ring (bicyclic) bond motifs is 1. The molecule has 144 valence electrons. The number of aliphatic carboxylic acids is 1. The van der Waals surface area contributed by atoms with Gasteiger partial charge in [0, 0.05) is 23.1 Å². The van der Waals surface area contributed by atoms with Gasteiger partial charge in [0.1, 0.15) is 17.7 Å². The van der Waals surface area contributed by atoms with Gasteiger partial charge < -0.3 is 15.2 Å². The summed E-state index contributed by atoms with van der Waals surface area (Å²) in [5.74, 6) is -2.59. The normalized spacial score (nSPS) is 24.1. The summed E-state index contributed by atoms with van der Waals surface area (Å²) in [4.78, 5) is 48.1. The van der Waals surface area contributed by atoms with Gasteiger partial charge in [0.05, 0.1) is 6.42 Å². The number of carbonyl (C=O) groups excluding carboxylic acids is 3. The maximum atomic E-state index is 12.7. The van der Waals surface area contributed by atoms with Crippen LogP contribution in [0.5, 0.6) is 0 Å². The number of amides is 2. The molecule has 1 aromatic heterocycles. The fourth-order valence-corrected chi connectivity index (χ4v) is 5.45. The standard InChI is InChI=1S/C16H16N2O6S3/c1-8(19)24-6-9-7-27-15-16(25,14(23)18(15)12(9)13(21)22)17-11(20)5-10-3-2-4-26-10/h2-4,15,25H,5-7H2,1H3,(H,17,20)(H,21,22)/t15-,16?/m1/s1. The van der Waals surface area contributed by atoms with E-state index in [1.165, 1.54) is 30.0 Å². The molecule has 0 spiro atoms. The molecule has 2 aliphatic rings. The Morgan fingerprint density at radius 2 is 2.22 bits per heavy atom. The molecule has 2 aliphatic heterocycles. The first-order valence-corrected chi connectivity index (χ1v) is 10.2. The van der Waals surface area contributed by atoms with Gasteiger partial charge in [0.25, 0.3) is 5.91 Å². The lowest BCUT2D eigenvalue weighted by atomic mass is 10.0. The third-order valence-corrected chi connectivity index (χ3v) is 7.02. The van der Waals surface area contributed by atoms with E-state index in [2.05, 4.69) is 17.9 Å². The van der Waals surface area contributed by atoms with Crippen LogP contribution in [0.15, 0.2) is 28.8 Å². The molecular formula is C16H16N2O6S3. The molecule has 2 atom stereocenters. The second kappa shape index (κ2) is 7.56. The predicted octanol–water partition coefficient (Wildman–Crippen LogP) is 0.850. The molecule has 1 aromatic rings. The summed E-state index contributed by atoms with van der Waals surface area (Å²) in [7, 11) is 0. The fourth-order valence-electron chi connectivity index (χ4n) is 2.85. The lowest BCUT2D eigenvalue weighted by molar-refractivity contribution is -0.153. The van der Waals surface area contributed by atoms with Crippen molar-refractivity contribution in [2.24, 2.45) is 0 Å². The Balaban J connectivity index is 1.76. The van der Waals surface area contributed by atoms with Crippen molar-refractivity contribution in [3.63, 3.8) is 0 Å². The monoisotopic (exact) mass is 428 g/mol. The molecule has 0 aliphatic carbocycles. The third kappa shape index (κ3) is 3.71. The van der Waals surface area contributed by atoms with Crippen molar-refractivity contribution in [2.75, 3.05) is 12.4 Å². The van der Waals surface area contributed by atoms with Crippen LogP contribution in [-0.2, 0) is 30.3 Å². The van der Waals surface area contributed by atoms with Gasteiger partial charge >= 0.3 is 11.9 Å². The average molecular weight is 429 g/mol. The number of β-lactam (4-membered cyclic amide) rings is 1. The summed E-state index contributed by atoms with van der Waals surface area (Å²) in [5, 5.41) is 13.3. The number of thiophene rings is 1. The summed E-state index contributed by atoms with van der Waals surface area (Å²) in [5.41, 5.74) is 0.106. The summed E-state index contributed by atoms with van der Waals surface area (Å²) >= 11 is 7.05. The number of carboxylic acid groups (broad SMARTS) is 1. The molecule has 0 aromatic carbocycles. The van der Waals surface area contributed by atoms with E-state index in [0.29, 0.717) is 5.57 Å². The summed E-state index contributed by atoms with van der Waals surface area (Å²) in [6.45, 7) is 1.02. The van der Waals surface area contributed by atoms with Crippen LogP contribution >= 0.6 is 35.7 Å². The number of ether oxygens (including phenoxy) is 1. The van der Waals surface area contributed by atoms with Crippen LogP contribution in [0.1, 0.15) is 11.8 Å². The van der Waals surface area contributed by atoms with E-state index in [1.807, 2.05) is 17.5 Å². The molecule has 2 N–H and O–H groups in total. The van der Waals surface area contributed by atoms with Crippen molar-refractivity contribution in [3.8, 4) is 0 Å². The number of hydrogen-bond donors (Lipinski definition) is 3. The van der Waals surface area contributed by atoms with Gasteiger partial charge in [-0.15, -0.1) is 35.7 Å². The number of hydrogen-bond acceptors (Lipinski definition) is 8. The molecule has 1 fully saturated rings. The van der Waals surface area contributed by atoms with E-state index in [0.717, 1.165) is 9.78 Å². The van der Waals surface area contributed by atoms with Crippen molar-refractivity contribution in [1.82, 2.24) is 10.2 Å². The van der Waals surface area contributed by atoms with Gasteiger partial charge in [0.2, 0.25) is 5.91 Å². The van der Waals surface area contributed by atoms with E-state index in [1.54, 1.807) is 0 Å². The van der Waals surface area contributed by atoms with Crippen molar-refractivity contribution in [3.05, 3.63) is 33.7 Å². The van der Waals surface area contributed by atoms with Gasteiger partial charge in [-0.05, 0) is 11.4 Å². The summed E-state index contributed by atoms with van der Waals surface area (Å²) in [6.07, 6.45) is 0.115. The van der Waals surface area contributed by atoms with E-state index in [4.69, 9.17) is 4.74 Å². The number of nitrogens with zero attached hydrogens (tertiary/aromatic N) is 1. The van der Waals surface area contributed by atoms with Crippen LogP contribution in [-0.4, -0.2) is 56.4 Å². The van der Waals surface area contributed by atoms with E-state index in [9.17, 15) is 24.3 Å². The maximum Gasteiger partial charge on any atom is 0.352 e. The number of esters is 1. The molecular weight excluding hydrogens is 412 g/mol. The van der Waals surface area contributed by atoms with Crippen LogP contribution in [0.25, 0.3) is 0 Å². The van der Waals surface area contributed by atoms with Gasteiger partial charge in [-0.25, -0.2) is 4.79 Å². The Morgan fingerprint density at radius 1 is 1.48 bits per heavy atom. The Kier molecular flexibility index (Phi) is 5.54. The van der Waals surface area contributed by atoms with Crippen LogP contribution in [0, 0.1) is 0 Å². The zero-order chi connectivity index (χ0) is 19.8. The van der Waals surface area contributed by atoms with Gasteiger partial charge in [-0.1, -0.05) is 6.07 Å². The third-order valence-electron chi connectivity index (χ3n) is 4.03. The highest BCUT2D eigenvalue weighted by Gasteiger charge is 2.63. The minimum atomic E-state index is -1.48. The Hall–Kier alpha value is -1.98.